The monoisotopic (exact) mass is 867 g/mol. The van der Waals surface area contributed by atoms with E-state index in [1.54, 1.807) is 0 Å². The zero-order chi connectivity index (χ0) is 43.5. The number of fused-ring (bicyclic) bond motifs is 7. The molecule has 16 nitrogen and oxygen atoms in total. The second-order valence-corrected chi connectivity index (χ2v) is 21.2. The molecule has 0 bridgehead atoms. The molecule has 1 spiro atoms. The lowest BCUT2D eigenvalue weighted by Gasteiger charge is -2.59. The molecule has 0 radical (unpaired) electrons. The summed E-state index contributed by atoms with van der Waals surface area (Å²) in [7, 11) is 0. The summed E-state index contributed by atoms with van der Waals surface area (Å²) in [6.45, 7) is 13.2. The number of hydrogen-bond acceptors (Lipinski definition) is 16. The van der Waals surface area contributed by atoms with Crippen LogP contribution in [-0.2, 0) is 33.2 Å². The number of aliphatic hydroxyl groups excluding tert-OH is 8. The van der Waals surface area contributed by atoms with Gasteiger partial charge in [0.15, 0.2) is 18.9 Å². The number of ether oxygens (including phenoxy) is 7. The number of hydrogen-bond donors (Lipinski definition) is 9. The van der Waals surface area contributed by atoms with Crippen LogP contribution in [0.15, 0.2) is 11.6 Å². The largest absolute Gasteiger partial charge is 0.394 e. The number of allylic oxidation sites excluding steroid dienone is 1. The summed E-state index contributed by atoms with van der Waals surface area (Å²) in [5.41, 5.74) is 1.41. The van der Waals surface area contributed by atoms with E-state index in [-0.39, 0.29) is 22.7 Å². The first-order chi connectivity index (χ1) is 28.9. The van der Waals surface area contributed by atoms with Gasteiger partial charge < -0.3 is 74.0 Å². The Balaban J connectivity index is 0.916. The van der Waals surface area contributed by atoms with Crippen LogP contribution >= 0.6 is 0 Å². The number of nitrogens with one attached hydrogen (secondary N) is 1. The summed E-state index contributed by atoms with van der Waals surface area (Å²) in [5, 5.41) is 89.8. The highest BCUT2D eigenvalue weighted by molar-refractivity contribution is 5.26. The molecule has 348 valence electrons. The van der Waals surface area contributed by atoms with E-state index in [1.807, 2.05) is 0 Å². The molecule has 0 aromatic rings. The Bertz CT molecular complexity index is 1600. The van der Waals surface area contributed by atoms with Crippen molar-refractivity contribution in [1.82, 2.24) is 5.32 Å². The standard InChI is InChI=1S/C45H73NO15/c1-19-9-14-45(46-17-19)20(2)30-28(61-45)16-27-25-8-7-23-15-24(10-12-43(23,5)26(25)11-13-44(27,30)6)57-42-39(60-41-36(53)34(51)32(49)22(4)56-41)37(54)38(29(18-47)58-42)59-40-35(52)33(50)31(48)21(3)55-40/h7,19-22,24-42,46-54H,8-18H2,1-6H3/t19-,20+,21-,22-,24-,25+,26-,27-,28+,29-,30+,31-,32-,33+,34+,35-,36-,37+,38+,39-,40+,41+,42-,43-,44-,45-/m0/s1. The van der Waals surface area contributed by atoms with Gasteiger partial charge in [-0.3, -0.25) is 5.32 Å². The van der Waals surface area contributed by atoms with Crippen LogP contribution in [0.3, 0.4) is 0 Å². The quantitative estimate of drug-likeness (QED) is 0.161. The smallest absolute Gasteiger partial charge is 0.187 e. The molecule has 5 heterocycles. The molecule has 5 saturated heterocycles. The van der Waals surface area contributed by atoms with Crippen molar-refractivity contribution in [3.63, 3.8) is 0 Å². The van der Waals surface area contributed by atoms with Gasteiger partial charge in [0.05, 0.1) is 31.0 Å². The minimum Gasteiger partial charge on any atom is -0.394 e. The maximum absolute atomic E-state index is 12.0. The highest BCUT2D eigenvalue weighted by Gasteiger charge is 2.68. The number of aliphatic hydroxyl groups is 8. The van der Waals surface area contributed by atoms with Crippen LogP contribution in [0, 0.1) is 46.3 Å². The predicted molar refractivity (Wildman–Crippen MR) is 215 cm³/mol. The fourth-order valence-electron chi connectivity index (χ4n) is 14.2. The average Bonchev–Trinajstić information content (AvgIpc) is 3.69. The lowest BCUT2D eigenvalue weighted by Crippen LogP contribution is -2.66. The van der Waals surface area contributed by atoms with Crippen molar-refractivity contribution in [2.75, 3.05) is 13.2 Å². The molecule has 0 aromatic heterocycles. The van der Waals surface area contributed by atoms with Crippen LogP contribution in [0.25, 0.3) is 0 Å². The summed E-state index contributed by atoms with van der Waals surface area (Å²) in [6.07, 6.45) is -9.93. The van der Waals surface area contributed by atoms with Gasteiger partial charge in [-0.1, -0.05) is 39.3 Å². The highest BCUT2D eigenvalue weighted by atomic mass is 16.8. The van der Waals surface area contributed by atoms with Gasteiger partial charge in [-0.25, -0.2) is 0 Å². The van der Waals surface area contributed by atoms with Crippen molar-refractivity contribution in [1.29, 1.82) is 0 Å². The highest BCUT2D eigenvalue weighted by Crippen LogP contribution is 2.70. The van der Waals surface area contributed by atoms with Gasteiger partial charge in [0, 0.05) is 12.5 Å². The molecular formula is C45H73NO15. The lowest BCUT2D eigenvalue weighted by molar-refractivity contribution is -0.388. The third kappa shape index (κ3) is 7.42. The first-order valence-corrected chi connectivity index (χ1v) is 23.3. The molecular weight excluding hydrogens is 794 g/mol. The second-order valence-electron chi connectivity index (χ2n) is 21.2. The van der Waals surface area contributed by atoms with Crippen LogP contribution in [-0.4, -0.2) is 164 Å². The Morgan fingerprint density at radius 1 is 0.705 bits per heavy atom. The Kier molecular flexibility index (Phi) is 12.4. The van der Waals surface area contributed by atoms with Gasteiger partial charge in [-0.2, -0.15) is 0 Å². The molecule has 0 unspecified atom stereocenters. The van der Waals surface area contributed by atoms with E-state index >= 15 is 0 Å². The summed E-state index contributed by atoms with van der Waals surface area (Å²) in [5.74, 6) is 3.43. The van der Waals surface area contributed by atoms with Crippen molar-refractivity contribution >= 4 is 0 Å². The van der Waals surface area contributed by atoms with Crippen LogP contribution in [0.2, 0.25) is 0 Å². The third-order valence-corrected chi connectivity index (χ3v) is 17.9. The predicted octanol–water partition coefficient (Wildman–Crippen LogP) is 0.815. The molecule has 16 heteroatoms. The van der Waals surface area contributed by atoms with Gasteiger partial charge in [0.1, 0.15) is 66.8 Å². The molecule has 9 N–H and O–H groups in total. The fourth-order valence-corrected chi connectivity index (χ4v) is 14.2. The summed E-state index contributed by atoms with van der Waals surface area (Å²) < 4.78 is 43.7. The van der Waals surface area contributed by atoms with Crippen molar-refractivity contribution in [3.05, 3.63) is 11.6 Å². The van der Waals surface area contributed by atoms with Crippen LogP contribution in [0.5, 0.6) is 0 Å². The van der Waals surface area contributed by atoms with E-state index < -0.39 is 98.7 Å². The average molecular weight is 868 g/mol. The maximum atomic E-state index is 12.0. The van der Waals surface area contributed by atoms with Gasteiger partial charge in [0.25, 0.3) is 0 Å². The zero-order valence-electron chi connectivity index (χ0n) is 36.6. The molecule has 8 fully saturated rings. The summed E-state index contributed by atoms with van der Waals surface area (Å²) in [4.78, 5) is 0. The minimum absolute atomic E-state index is 0.00472. The molecule has 9 aliphatic rings. The Morgan fingerprint density at radius 2 is 1.36 bits per heavy atom. The Hall–Kier alpha value is -0.900. The molecule has 5 aliphatic heterocycles. The van der Waals surface area contributed by atoms with E-state index in [0.29, 0.717) is 54.5 Å². The molecule has 3 saturated carbocycles. The normalized spacial score (nSPS) is 58.4. The van der Waals surface area contributed by atoms with Crippen molar-refractivity contribution in [2.45, 2.75) is 209 Å². The first kappa shape index (κ1) is 45.3. The molecule has 4 aliphatic carbocycles. The number of rotatable bonds is 7. The van der Waals surface area contributed by atoms with Gasteiger partial charge >= 0.3 is 0 Å². The van der Waals surface area contributed by atoms with E-state index in [9.17, 15) is 40.9 Å². The van der Waals surface area contributed by atoms with Gasteiger partial charge in [-0.05, 0) is 112 Å². The Morgan fingerprint density at radius 3 is 1.98 bits per heavy atom. The third-order valence-electron chi connectivity index (χ3n) is 17.9. The van der Waals surface area contributed by atoms with Gasteiger partial charge in [-0.15, -0.1) is 0 Å². The van der Waals surface area contributed by atoms with Crippen LogP contribution < -0.4 is 5.32 Å². The zero-order valence-corrected chi connectivity index (χ0v) is 36.6. The van der Waals surface area contributed by atoms with E-state index in [2.05, 4.69) is 39.1 Å². The van der Waals surface area contributed by atoms with Gasteiger partial charge in [0.2, 0.25) is 0 Å². The Labute approximate surface area is 359 Å². The molecule has 26 atom stereocenters. The SMILES string of the molecule is C[C@H]1CC[C@]2(NC1)O[C@@H]1C[C@H]3[C@@H]4CC=C5C[C@@H](O[C@H]6O[C@@H](CO)[C@@H](O[C@H]7O[C@@H](C)[C@H](O)[C@@H](O)[C@@H]7O)[C@@H](O)[C@@H]6O[C@H]6O[C@@H](C)[C@H](O)[C@@H](O)[C@@H]6O)CC[C@]5(C)[C@H]4CC[C@]3(C)[C@@H]1[C@H]2C. The summed E-state index contributed by atoms with van der Waals surface area (Å²) in [6, 6.07) is 0. The van der Waals surface area contributed by atoms with Crippen molar-refractivity contribution < 1.29 is 74.0 Å². The van der Waals surface area contributed by atoms with Crippen molar-refractivity contribution in [3.8, 4) is 0 Å². The second kappa shape index (κ2) is 16.8. The molecule has 0 amide bonds. The fraction of sp³-hybridized carbons (Fsp3) is 0.956. The maximum Gasteiger partial charge on any atom is 0.187 e. The molecule has 61 heavy (non-hydrogen) atoms. The van der Waals surface area contributed by atoms with E-state index in [1.165, 1.54) is 38.7 Å². The molecule has 9 rings (SSSR count). The van der Waals surface area contributed by atoms with Crippen LogP contribution in [0.1, 0.15) is 99.3 Å². The number of piperidine rings is 1. The van der Waals surface area contributed by atoms with E-state index in [0.717, 1.165) is 32.2 Å². The first-order valence-electron chi connectivity index (χ1n) is 23.3. The van der Waals surface area contributed by atoms with Crippen LogP contribution in [0.4, 0.5) is 0 Å². The topological polar surface area (TPSA) is 238 Å². The van der Waals surface area contributed by atoms with Crippen molar-refractivity contribution in [2.24, 2.45) is 46.3 Å². The lowest BCUT2D eigenvalue weighted by atomic mass is 9.47. The summed E-state index contributed by atoms with van der Waals surface area (Å²) >= 11 is 0. The molecule has 0 aromatic carbocycles. The minimum atomic E-state index is -1.70. The van der Waals surface area contributed by atoms with E-state index in [4.69, 9.17) is 33.2 Å².